The van der Waals surface area contributed by atoms with Crippen molar-refractivity contribution in [2.45, 2.75) is 0 Å². The molecule has 0 amide bonds. The maximum atomic E-state index is 6.50. The van der Waals surface area contributed by atoms with E-state index in [0.29, 0.717) is 0 Å². The van der Waals surface area contributed by atoms with Crippen molar-refractivity contribution in [2.75, 3.05) is 0 Å². The van der Waals surface area contributed by atoms with Gasteiger partial charge in [-0.1, -0.05) is 0 Å². The zero-order valence-corrected chi connectivity index (χ0v) is 4.31. The molecular formula is CH3AgNS. The molecule has 0 N–H and O–H groups in total. The minimum atomic E-state index is 0. The minimum Gasteiger partial charge on any atom is -0.202 e. The van der Waals surface area contributed by atoms with Crippen molar-refractivity contribution >= 4 is 13.5 Å². The van der Waals surface area contributed by atoms with Crippen LogP contribution in [-0.4, -0.2) is 0 Å². The summed E-state index contributed by atoms with van der Waals surface area (Å²) in [7, 11) is 0. The van der Waals surface area contributed by atoms with Crippen molar-refractivity contribution in [1.29, 1.82) is 5.26 Å². The normalized spacial score (nSPS) is 0.500. The van der Waals surface area contributed by atoms with E-state index < -0.39 is 0 Å². The van der Waals surface area contributed by atoms with Crippen molar-refractivity contribution in [1.82, 2.24) is 0 Å². The first-order valence-electron chi connectivity index (χ1n) is 0.258. The predicted molar refractivity (Wildman–Crippen MR) is 17.1 cm³/mol. The Morgan fingerprint density at radius 3 is 1.25 bits per heavy atom. The molecule has 0 saturated carbocycles. The number of nitrogens with zero attached hydrogens (tertiary/aromatic N) is 1. The average molecular weight is 169 g/mol. The van der Waals surface area contributed by atoms with E-state index in [0.717, 1.165) is 0 Å². The molecule has 0 saturated heterocycles. The van der Waals surface area contributed by atoms with Crippen LogP contribution in [0.5, 0.6) is 0 Å². The van der Waals surface area contributed by atoms with Gasteiger partial charge >= 0.3 is 0 Å². The zero-order chi connectivity index (χ0) is 2.00. The van der Waals surface area contributed by atoms with E-state index in [-0.39, 0.29) is 35.9 Å². The van der Waals surface area contributed by atoms with E-state index in [1.807, 2.05) is 0 Å². The molecule has 0 aromatic rings. The van der Waals surface area contributed by atoms with E-state index in [1.54, 1.807) is 0 Å². The third-order valence-corrected chi connectivity index (χ3v) is 0. The van der Waals surface area contributed by atoms with E-state index in [4.69, 9.17) is 5.26 Å². The van der Waals surface area contributed by atoms with Crippen LogP contribution in [0.3, 0.4) is 0 Å². The van der Waals surface area contributed by atoms with Crippen LogP contribution in [0.2, 0.25) is 0 Å². The van der Waals surface area contributed by atoms with Crippen LogP contribution in [0.15, 0.2) is 0 Å². The Balaban J connectivity index is -0.00000000500. The smallest absolute Gasteiger partial charge is 0.0462 e. The summed E-state index contributed by atoms with van der Waals surface area (Å²) in [6.07, 6.45) is 0. The second-order valence-corrected chi connectivity index (χ2v) is 0. The first-order chi connectivity index (χ1) is 1.00. The monoisotopic (exact) mass is 168 g/mol. The Morgan fingerprint density at radius 1 is 1.25 bits per heavy atom. The van der Waals surface area contributed by atoms with E-state index in [1.165, 1.54) is 0 Å². The zero-order valence-electron chi connectivity index (χ0n) is 1.83. The molecule has 3 heteroatoms. The molecule has 29 valence electrons. The molecule has 0 fully saturated rings. The maximum Gasteiger partial charge on any atom is 0.0462 e. The van der Waals surface area contributed by atoms with Gasteiger partial charge in [0.25, 0.3) is 0 Å². The quantitative estimate of drug-likeness (QED) is 0.477. The maximum absolute atomic E-state index is 6.50. The Hall–Kier alpha value is 0.580. The van der Waals surface area contributed by atoms with Gasteiger partial charge in [0.2, 0.25) is 0 Å². The Kier molecular flexibility index (Phi) is 416. The molecule has 0 aliphatic carbocycles. The first kappa shape index (κ1) is 23.5. The molecule has 1 radical (unpaired) electrons. The molecule has 0 atom stereocenters. The summed E-state index contributed by atoms with van der Waals surface area (Å²) < 4.78 is 0. The average Bonchev–Trinajstić information content (AvgIpc) is 1.00. The fourth-order valence-electron chi connectivity index (χ4n) is 0. The summed E-state index contributed by atoms with van der Waals surface area (Å²) in [6, 6.07) is 0. The summed E-state index contributed by atoms with van der Waals surface area (Å²) in [5, 5.41) is 6.50. The van der Waals surface area contributed by atoms with Gasteiger partial charge in [-0.2, -0.15) is 13.5 Å². The van der Waals surface area contributed by atoms with Crippen LogP contribution in [0.25, 0.3) is 0 Å². The van der Waals surface area contributed by atoms with Crippen molar-refractivity contribution in [2.24, 2.45) is 0 Å². The first-order valence-corrected chi connectivity index (χ1v) is 0.258. The van der Waals surface area contributed by atoms with Crippen LogP contribution < -0.4 is 0 Å². The van der Waals surface area contributed by atoms with Gasteiger partial charge in [0.05, 0.1) is 0 Å². The van der Waals surface area contributed by atoms with Crippen molar-refractivity contribution in [3.63, 3.8) is 0 Å². The molecule has 0 unspecified atom stereocenters. The van der Waals surface area contributed by atoms with Crippen LogP contribution in [0, 0.1) is 11.8 Å². The van der Waals surface area contributed by atoms with Gasteiger partial charge in [-0.3, -0.25) is 0 Å². The summed E-state index contributed by atoms with van der Waals surface area (Å²) in [5.74, 6) is 0. The van der Waals surface area contributed by atoms with Crippen LogP contribution >= 0.6 is 13.5 Å². The third kappa shape index (κ3) is 19.1. The van der Waals surface area contributed by atoms with Gasteiger partial charge in [-0.15, -0.1) is 0 Å². The fourth-order valence-corrected chi connectivity index (χ4v) is 0. The standard InChI is InChI=1S/CHN.Ag.H2S/c1-2;;/h1H;;1H2. The molecular weight excluding hydrogens is 166 g/mol. The van der Waals surface area contributed by atoms with Gasteiger partial charge in [0, 0.05) is 29.0 Å². The molecule has 0 rings (SSSR count). The van der Waals surface area contributed by atoms with Gasteiger partial charge in [-0.25, -0.2) is 5.26 Å². The predicted octanol–water partition coefficient (Wildman–Crippen LogP) is 0.250. The summed E-state index contributed by atoms with van der Waals surface area (Å²) in [5.41, 5.74) is 0. The summed E-state index contributed by atoms with van der Waals surface area (Å²) >= 11 is 0. The molecule has 0 bridgehead atoms. The van der Waals surface area contributed by atoms with Gasteiger partial charge in [0.1, 0.15) is 0 Å². The van der Waals surface area contributed by atoms with Gasteiger partial charge in [0.15, 0.2) is 0 Å². The van der Waals surface area contributed by atoms with E-state index in [9.17, 15) is 0 Å². The fraction of sp³-hybridized carbons (Fsp3) is 0. The molecule has 0 aliphatic rings. The topological polar surface area (TPSA) is 23.8 Å². The van der Waals surface area contributed by atoms with Crippen LogP contribution in [-0.2, 0) is 22.4 Å². The van der Waals surface area contributed by atoms with Gasteiger partial charge in [-0.05, 0) is 0 Å². The largest absolute Gasteiger partial charge is 0.202 e. The van der Waals surface area contributed by atoms with Crippen LogP contribution in [0.1, 0.15) is 0 Å². The molecule has 0 spiro atoms. The molecule has 0 aliphatic heterocycles. The number of nitriles is 1. The molecule has 0 aromatic heterocycles. The number of rotatable bonds is 0. The molecule has 0 aromatic carbocycles. The van der Waals surface area contributed by atoms with E-state index >= 15 is 0 Å². The third-order valence-electron chi connectivity index (χ3n) is 0. The van der Waals surface area contributed by atoms with Crippen molar-refractivity contribution in [3.05, 3.63) is 0 Å². The van der Waals surface area contributed by atoms with Crippen molar-refractivity contribution in [3.8, 4) is 6.57 Å². The summed E-state index contributed by atoms with van der Waals surface area (Å²) in [6.45, 7) is 3.50. The van der Waals surface area contributed by atoms with Crippen molar-refractivity contribution < 1.29 is 22.4 Å². The number of hydrogen-bond acceptors (Lipinski definition) is 1. The van der Waals surface area contributed by atoms with Gasteiger partial charge < -0.3 is 0 Å². The summed E-state index contributed by atoms with van der Waals surface area (Å²) in [4.78, 5) is 0. The Bertz CT molecular complexity index is 12.8. The number of hydrogen-bond donors (Lipinski definition) is 0. The molecule has 0 heterocycles. The van der Waals surface area contributed by atoms with Crippen LogP contribution in [0.4, 0.5) is 0 Å². The second-order valence-electron chi connectivity index (χ2n) is 0. The Labute approximate surface area is 48.0 Å². The Morgan fingerprint density at radius 2 is 1.25 bits per heavy atom. The minimum absolute atomic E-state index is 0. The molecule has 1 nitrogen and oxygen atoms in total. The second kappa shape index (κ2) is 70.8. The van der Waals surface area contributed by atoms with E-state index in [2.05, 4.69) is 6.57 Å². The molecule has 4 heavy (non-hydrogen) atoms. The SMILES string of the molecule is C#N.S.[Ag].